The monoisotopic (exact) mass is 205 g/mol. The number of rotatable bonds is 3. The molecule has 0 saturated heterocycles. The number of benzene rings is 1. The van der Waals surface area contributed by atoms with Crippen LogP contribution in [0.25, 0.3) is 11.0 Å². The third-order valence-electron chi connectivity index (χ3n) is 2.59. The van der Waals surface area contributed by atoms with E-state index in [4.69, 9.17) is 5.11 Å². The van der Waals surface area contributed by atoms with Gasteiger partial charge >= 0.3 is 0 Å². The van der Waals surface area contributed by atoms with Crippen LogP contribution in [0.3, 0.4) is 0 Å². The molecular formula is C11H15N3O. The van der Waals surface area contributed by atoms with E-state index in [9.17, 15) is 0 Å². The average Bonchev–Trinajstić information content (AvgIpc) is 2.60. The molecule has 0 spiro atoms. The predicted octanol–water partition coefficient (Wildman–Crippen LogP) is 1.00. The Morgan fingerprint density at radius 1 is 1.47 bits per heavy atom. The van der Waals surface area contributed by atoms with Gasteiger partial charge in [-0.15, -0.1) is 0 Å². The van der Waals surface area contributed by atoms with Crippen LogP contribution >= 0.6 is 0 Å². The van der Waals surface area contributed by atoms with E-state index in [1.54, 1.807) is 6.33 Å². The molecule has 0 aliphatic heterocycles. The molecule has 0 unspecified atom stereocenters. The summed E-state index contributed by atoms with van der Waals surface area (Å²) >= 11 is 0. The van der Waals surface area contributed by atoms with Crippen molar-refractivity contribution < 1.29 is 5.11 Å². The SMILES string of the molecule is CN(CCO)c1ccc2c(c1)ncn2C. The van der Waals surface area contributed by atoms with Crippen molar-refractivity contribution in [2.24, 2.45) is 7.05 Å². The average molecular weight is 205 g/mol. The first-order chi connectivity index (χ1) is 7.22. The number of anilines is 1. The second-order valence-electron chi connectivity index (χ2n) is 3.67. The number of aryl methyl sites for hydroxylation is 1. The number of aromatic nitrogens is 2. The van der Waals surface area contributed by atoms with Crippen LogP contribution in [0, 0.1) is 0 Å². The van der Waals surface area contributed by atoms with Crippen molar-refractivity contribution in [3.63, 3.8) is 0 Å². The standard InChI is InChI=1S/C11H15N3O/c1-13(5-6-15)9-3-4-11-10(7-9)12-8-14(11)2/h3-4,7-8,15H,5-6H2,1-2H3. The Hall–Kier alpha value is -1.55. The van der Waals surface area contributed by atoms with Crippen LogP contribution in [0.5, 0.6) is 0 Å². The van der Waals surface area contributed by atoms with E-state index >= 15 is 0 Å². The molecule has 0 atom stereocenters. The van der Waals surface area contributed by atoms with Gasteiger partial charge in [0.05, 0.1) is 24.0 Å². The first-order valence-electron chi connectivity index (χ1n) is 4.95. The van der Waals surface area contributed by atoms with Crippen molar-refractivity contribution in [1.82, 2.24) is 9.55 Å². The van der Waals surface area contributed by atoms with Crippen LogP contribution in [0.15, 0.2) is 24.5 Å². The lowest BCUT2D eigenvalue weighted by atomic mass is 10.2. The highest BCUT2D eigenvalue weighted by molar-refractivity contribution is 5.79. The van der Waals surface area contributed by atoms with Gasteiger partial charge in [-0.1, -0.05) is 0 Å². The lowest BCUT2D eigenvalue weighted by Crippen LogP contribution is -2.20. The highest BCUT2D eigenvalue weighted by atomic mass is 16.3. The van der Waals surface area contributed by atoms with Crippen LogP contribution in [-0.4, -0.2) is 34.9 Å². The zero-order valence-corrected chi connectivity index (χ0v) is 9.01. The summed E-state index contributed by atoms with van der Waals surface area (Å²) in [5.41, 5.74) is 3.19. The van der Waals surface area contributed by atoms with Gasteiger partial charge in [0.25, 0.3) is 0 Å². The van der Waals surface area contributed by atoms with Crippen molar-refractivity contribution in [1.29, 1.82) is 0 Å². The molecule has 15 heavy (non-hydrogen) atoms. The molecular weight excluding hydrogens is 190 g/mol. The molecule has 0 radical (unpaired) electrons. The Labute approximate surface area is 88.8 Å². The summed E-state index contributed by atoms with van der Waals surface area (Å²) in [6.07, 6.45) is 1.81. The molecule has 1 heterocycles. The maximum atomic E-state index is 8.85. The topological polar surface area (TPSA) is 41.3 Å². The molecule has 2 aromatic rings. The Kier molecular flexibility index (Phi) is 2.60. The van der Waals surface area contributed by atoms with E-state index in [2.05, 4.69) is 4.98 Å². The summed E-state index contributed by atoms with van der Waals surface area (Å²) in [6, 6.07) is 6.12. The lowest BCUT2D eigenvalue weighted by molar-refractivity contribution is 0.304. The van der Waals surface area contributed by atoms with Crippen molar-refractivity contribution in [3.05, 3.63) is 24.5 Å². The fourth-order valence-corrected chi connectivity index (χ4v) is 1.64. The summed E-state index contributed by atoms with van der Waals surface area (Å²) in [7, 11) is 3.94. The highest BCUT2D eigenvalue weighted by Crippen LogP contribution is 2.19. The van der Waals surface area contributed by atoms with Gasteiger partial charge < -0.3 is 14.6 Å². The molecule has 1 aromatic heterocycles. The summed E-state index contributed by atoms with van der Waals surface area (Å²) in [4.78, 5) is 6.30. The van der Waals surface area contributed by atoms with Gasteiger partial charge in [-0.25, -0.2) is 4.98 Å². The Bertz CT molecular complexity index is 464. The zero-order valence-electron chi connectivity index (χ0n) is 9.01. The minimum Gasteiger partial charge on any atom is -0.395 e. The zero-order chi connectivity index (χ0) is 10.8. The second kappa shape index (κ2) is 3.90. The minimum absolute atomic E-state index is 0.163. The Morgan fingerprint density at radius 2 is 2.27 bits per heavy atom. The van der Waals surface area contributed by atoms with E-state index in [0.29, 0.717) is 6.54 Å². The maximum absolute atomic E-state index is 8.85. The molecule has 0 bridgehead atoms. The number of aliphatic hydroxyl groups excluding tert-OH is 1. The number of likely N-dealkylation sites (N-methyl/N-ethyl adjacent to an activating group) is 1. The van der Waals surface area contributed by atoms with E-state index < -0.39 is 0 Å². The quantitative estimate of drug-likeness (QED) is 0.812. The van der Waals surface area contributed by atoms with Crippen LogP contribution in [0.4, 0.5) is 5.69 Å². The van der Waals surface area contributed by atoms with Gasteiger partial charge in [-0.3, -0.25) is 0 Å². The number of nitrogens with zero attached hydrogens (tertiary/aromatic N) is 3. The number of hydrogen-bond donors (Lipinski definition) is 1. The number of aliphatic hydroxyl groups is 1. The van der Waals surface area contributed by atoms with Gasteiger partial charge in [-0.05, 0) is 18.2 Å². The second-order valence-corrected chi connectivity index (χ2v) is 3.67. The molecule has 1 N–H and O–H groups in total. The number of hydrogen-bond acceptors (Lipinski definition) is 3. The van der Waals surface area contributed by atoms with Crippen molar-refractivity contribution >= 4 is 16.7 Å². The van der Waals surface area contributed by atoms with Crippen molar-refractivity contribution in [2.75, 3.05) is 25.1 Å². The Balaban J connectivity index is 2.38. The normalized spacial score (nSPS) is 10.9. The third kappa shape index (κ3) is 1.80. The van der Waals surface area contributed by atoms with Crippen LogP contribution in [0.1, 0.15) is 0 Å². The van der Waals surface area contributed by atoms with E-state index in [0.717, 1.165) is 16.7 Å². The molecule has 0 amide bonds. The molecule has 80 valence electrons. The van der Waals surface area contributed by atoms with Gasteiger partial charge in [0.1, 0.15) is 0 Å². The first-order valence-corrected chi connectivity index (χ1v) is 4.95. The fourth-order valence-electron chi connectivity index (χ4n) is 1.64. The molecule has 2 rings (SSSR count). The minimum atomic E-state index is 0.163. The third-order valence-corrected chi connectivity index (χ3v) is 2.59. The van der Waals surface area contributed by atoms with Gasteiger partial charge in [0.15, 0.2) is 0 Å². The number of fused-ring (bicyclic) bond motifs is 1. The lowest BCUT2D eigenvalue weighted by Gasteiger charge is -2.17. The molecule has 0 fully saturated rings. The molecule has 1 aromatic carbocycles. The van der Waals surface area contributed by atoms with Crippen molar-refractivity contribution in [2.45, 2.75) is 0 Å². The number of imidazole rings is 1. The van der Waals surface area contributed by atoms with Crippen molar-refractivity contribution in [3.8, 4) is 0 Å². The van der Waals surface area contributed by atoms with E-state index in [-0.39, 0.29) is 6.61 Å². The summed E-state index contributed by atoms with van der Waals surface area (Å²) < 4.78 is 1.99. The smallest absolute Gasteiger partial charge is 0.0955 e. The predicted molar refractivity (Wildman–Crippen MR) is 61.1 cm³/mol. The molecule has 4 heteroatoms. The summed E-state index contributed by atoms with van der Waals surface area (Å²) in [5.74, 6) is 0. The Morgan fingerprint density at radius 3 is 3.00 bits per heavy atom. The molecule has 0 saturated carbocycles. The maximum Gasteiger partial charge on any atom is 0.0955 e. The van der Waals surface area contributed by atoms with Crippen LogP contribution < -0.4 is 4.90 Å². The van der Waals surface area contributed by atoms with Gasteiger partial charge in [-0.2, -0.15) is 0 Å². The fraction of sp³-hybridized carbons (Fsp3) is 0.364. The summed E-state index contributed by atoms with van der Waals surface area (Å²) in [6.45, 7) is 0.801. The highest BCUT2D eigenvalue weighted by Gasteiger charge is 2.04. The summed E-state index contributed by atoms with van der Waals surface area (Å²) in [5, 5.41) is 8.85. The van der Waals surface area contributed by atoms with Gasteiger partial charge in [0, 0.05) is 26.3 Å². The van der Waals surface area contributed by atoms with E-state index in [1.165, 1.54) is 0 Å². The first kappa shape index (κ1) is 9.98. The molecule has 4 nitrogen and oxygen atoms in total. The van der Waals surface area contributed by atoms with E-state index in [1.807, 2.05) is 41.8 Å². The van der Waals surface area contributed by atoms with Crippen LogP contribution in [0.2, 0.25) is 0 Å². The molecule has 0 aliphatic carbocycles. The largest absolute Gasteiger partial charge is 0.395 e. The van der Waals surface area contributed by atoms with Gasteiger partial charge in [0.2, 0.25) is 0 Å². The van der Waals surface area contributed by atoms with Crippen LogP contribution in [-0.2, 0) is 7.05 Å². The molecule has 0 aliphatic rings.